The number of nitrogens with one attached hydrogen (secondary N) is 4. The molecule has 1 aliphatic rings. The maximum atomic E-state index is 13.8. The Labute approximate surface area is 245 Å². The number of carbonyl (C=O) groups excluding carboxylic acids is 3. The summed E-state index contributed by atoms with van der Waals surface area (Å²) in [5.74, 6) is -1.45. The summed E-state index contributed by atoms with van der Waals surface area (Å²) in [5, 5.41) is 8.32. The molecule has 4 rings (SSSR count). The number of amides is 3. The van der Waals surface area contributed by atoms with Gasteiger partial charge < -0.3 is 20.9 Å². The van der Waals surface area contributed by atoms with Crippen molar-refractivity contribution in [3.63, 3.8) is 0 Å². The molecular weight excluding hydrogens is 566 g/mol. The van der Waals surface area contributed by atoms with Gasteiger partial charge in [-0.3, -0.25) is 19.4 Å². The minimum atomic E-state index is -4.55. The number of aryl methyl sites for hydroxylation is 1. The maximum Gasteiger partial charge on any atom is 0.433 e. The summed E-state index contributed by atoms with van der Waals surface area (Å²) in [5.41, 5.74) is 2.91. The maximum absolute atomic E-state index is 13.8. The summed E-state index contributed by atoms with van der Waals surface area (Å²) in [7, 11) is 0. The van der Waals surface area contributed by atoms with E-state index in [2.05, 4.69) is 25.9 Å². The number of unbranched alkanes of at least 4 members (excludes halogenated alkanes) is 3. The largest absolute Gasteiger partial charge is 0.433 e. The minimum Gasteiger partial charge on any atom is -0.358 e. The number of pyridine rings is 1. The van der Waals surface area contributed by atoms with E-state index in [1.54, 1.807) is 19.9 Å². The quantitative estimate of drug-likeness (QED) is 0.127. The van der Waals surface area contributed by atoms with Crippen molar-refractivity contribution in [3.8, 4) is 0 Å². The molecule has 43 heavy (non-hydrogen) atoms. The first-order valence-electron chi connectivity index (χ1n) is 13.7. The number of benzene rings is 1. The third-order valence-corrected chi connectivity index (χ3v) is 6.95. The molecule has 3 amide bonds. The molecule has 1 aromatic carbocycles. The van der Waals surface area contributed by atoms with Crippen molar-refractivity contribution in [2.24, 2.45) is 0 Å². The van der Waals surface area contributed by atoms with Crippen molar-refractivity contribution in [2.45, 2.75) is 45.7 Å². The monoisotopic (exact) mass is 597 g/mol. The summed E-state index contributed by atoms with van der Waals surface area (Å²) in [6.45, 7) is 4.42. The Kier molecular flexibility index (Phi) is 9.79. The molecule has 226 valence electrons. The van der Waals surface area contributed by atoms with Gasteiger partial charge in [-0.1, -0.05) is 12.8 Å². The Hall–Kier alpha value is -4.74. The average Bonchev–Trinajstić information content (AvgIpc) is 3.42. The molecule has 0 saturated heterocycles. The van der Waals surface area contributed by atoms with E-state index in [9.17, 15) is 31.9 Å². The second-order valence-corrected chi connectivity index (χ2v) is 10.1. The number of aromatic amines is 1. The highest BCUT2D eigenvalue weighted by molar-refractivity contribution is 6.34. The standard InChI is InChI=1S/C31H31F4N5O3/c1-18-25(17-23-22-16-21(32)8-9-24(22)40-29(23)42)39-19(2)28(18)30(43)38-13-6-4-3-5-12-37-27(41)10-7-20-11-14-36-26(15-20)31(33,34)35/h7-11,14-17,39H,3-6,12-13H2,1-2H3,(H,37,41)(H,38,43)(H,40,42)/b10-7+,23-17?. The van der Waals surface area contributed by atoms with Crippen LogP contribution in [0.5, 0.6) is 0 Å². The zero-order valence-corrected chi connectivity index (χ0v) is 23.6. The molecule has 0 fully saturated rings. The highest BCUT2D eigenvalue weighted by atomic mass is 19.4. The molecule has 4 N–H and O–H groups in total. The third-order valence-electron chi connectivity index (χ3n) is 6.95. The first-order chi connectivity index (χ1) is 20.4. The first kappa shape index (κ1) is 31.2. The number of carbonyl (C=O) groups is 3. The zero-order chi connectivity index (χ0) is 31.1. The fourth-order valence-corrected chi connectivity index (χ4v) is 4.75. The molecule has 0 unspecified atom stereocenters. The number of hydrogen-bond acceptors (Lipinski definition) is 4. The van der Waals surface area contributed by atoms with Gasteiger partial charge in [-0.05, 0) is 80.3 Å². The SMILES string of the molecule is Cc1[nH]c(C=C2C(=O)Nc3ccc(F)cc32)c(C)c1C(=O)NCCCCCCNC(=O)/C=C/c1ccnc(C(F)(F)F)c1. The Morgan fingerprint density at radius 1 is 1.00 bits per heavy atom. The molecule has 0 bridgehead atoms. The van der Waals surface area contributed by atoms with Crippen molar-refractivity contribution in [2.75, 3.05) is 18.4 Å². The Balaban J connectivity index is 1.18. The van der Waals surface area contributed by atoms with Crippen LogP contribution in [0.4, 0.5) is 23.2 Å². The number of hydrogen-bond donors (Lipinski definition) is 4. The van der Waals surface area contributed by atoms with Gasteiger partial charge in [-0.15, -0.1) is 0 Å². The number of rotatable bonds is 11. The third kappa shape index (κ3) is 7.97. The molecule has 1 aliphatic heterocycles. The van der Waals surface area contributed by atoms with E-state index in [1.807, 2.05) is 0 Å². The molecule has 0 radical (unpaired) electrons. The predicted octanol–water partition coefficient (Wildman–Crippen LogP) is 5.80. The van der Waals surface area contributed by atoms with E-state index in [4.69, 9.17) is 0 Å². The van der Waals surface area contributed by atoms with E-state index >= 15 is 0 Å². The molecule has 0 spiro atoms. The number of nitrogens with zero attached hydrogens (tertiary/aromatic N) is 1. The molecule has 0 saturated carbocycles. The van der Waals surface area contributed by atoms with Crippen LogP contribution in [-0.2, 0) is 15.8 Å². The minimum absolute atomic E-state index is 0.224. The second kappa shape index (κ2) is 13.5. The van der Waals surface area contributed by atoms with Gasteiger partial charge >= 0.3 is 6.18 Å². The van der Waals surface area contributed by atoms with Crippen LogP contribution in [0.25, 0.3) is 17.7 Å². The van der Waals surface area contributed by atoms with Crippen LogP contribution < -0.4 is 16.0 Å². The van der Waals surface area contributed by atoms with Crippen molar-refractivity contribution in [1.29, 1.82) is 0 Å². The molecule has 2 aromatic heterocycles. The number of fused-ring (bicyclic) bond motifs is 1. The van der Waals surface area contributed by atoms with Gasteiger partial charge in [0.2, 0.25) is 5.91 Å². The van der Waals surface area contributed by atoms with Crippen LogP contribution in [-0.4, -0.2) is 40.8 Å². The van der Waals surface area contributed by atoms with E-state index in [-0.39, 0.29) is 17.4 Å². The summed E-state index contributed by atoms with van der Waals surface area (Å²) in [6, 6.07) is 6.34. The van der Waals surface area contributed by atoms with Crippen LogP contribution >= 0.6 is 0 Å². The van der Waals surface area contributed by atoms with Crippen LogP contribution in [0, 0.1) is 19.7 Å². The summed E-state index contributed by atoms with van der Waals surface area (Å²) < 4.78 is 52.0. The second-order valence-electron chi connectivity index (χ2n) is 10.1. The van der Waals surface area contributed by atoms with Crippen molar-refractivity contribution < 1.29 is 31.9 Å². The average molecular weight is 598 g/mol. The molecule has 3 aromatic rings. The highest BCUT2D eigenvalue weighted by Gasteiger charge is 2.32. The molecule has 0 aliphatic carbocycles. The Bertz CT molecular complexity index is 1590. The lowest BCUT2D eigenvalue weighted by molar-refractivity contribution is -0.141. The van der Waals surface area contributed by atoms with E-state index in [0.29, 0.717) is 58.8 Å². The summed E-state index contributed by atoms with van der Waals surface area (Å²) >= 11 is 0. The smallest absolute Gasteiger partial charge is 0.358 e. The van der Waals surface area contributed by atoms with Gasteiger partial charge in [0.25, 0.3) is 11.8 Å². The number of anilines is 1. The molecule has 3 heterocycles. The van der Waals surface area contributed by atoms with E-state index in [1.165, 1.54) is 36.4 Å². The predicted molar refractivity (Wildman–Crippen MR) is 155 cm³/mol. The van der Waals surface area contributed by atoms with Crippen molar-refractivity contribution in [1.82, 2.24) is 20.6 Å². The fraction of sp³-hybridized carbons (Fsp3) is 0.290. The van der Waals surface area contributed by atoms with Gasteiger partial charge in [0, 0.05) is 48.0 Å². The van der Waals surface area contributed by atoms with Crippen molar-refractivity contribution in [3.05, 3.63) is 87.8 Å². The Morgan fingerprint density at radius 3 is 2.44 bits per heavy atom. The number of aromatic nitrogens is 2. The van der Waals surface area contributed by atoms with Gasteiger partial charge in [0.1, 0.15) is 11.5 Å². The van der Waals surface area contributed by atoms with Crippen LogP contribution in [0.2, 0.25) is 0 Å². The van der Waals surface area contributed by atoms with Crippen molar-refractivity contribution >= 4 is 41.1 Å². The van der Waals surface area contributed by atoms with E-state index in [0.717, 1.165) is 31.5 Å². The summed E-state index contributed by atoms with van der Waals surface area (Å²) in [6.07, 6.45) is 3.65. The van der Waals surface area contributed by atoms with Crippen LogP contribution in [0.15, 0.2) is 42.6 Å². The lowest BCUT2D eigenvalue weighted by Crippen LogP contribution is -2.25. The topological polar surface area (TPSA) is 116 Å². The van der Waals surface area contributed by atoms with E-state index < -0.39 is 23.6 Å². The van der Waals surface area contributed by atoms with Crippen LogP contribution in [0.3, 0.4) is 0 Å². The van der Waals surface area contributed by atoms with Gasteiger partial charge in [0.05, 0.1) is 11.1 Å². The van der Waals surface area contributed by atoms with Crippen LogP contribution in [0.1, 0.15) is 69.8 Å². The highest BCUT2D eigenvalue weighted by Crippen LogP contribution is 2.34. The molecule has 12 heteroatoms. The number of alkyl halides is 3. The normalized spacial score (nSPS) is 13.8. The Morgan fingerprint density at radius 2 is 1.72 bits per heavy atom. The first-order valence-corrected chi connectivity index (χ1v) is 13.7. The van der Waals surface area contributed by atoms with Gasteiger partial charge in [-0.25, -0.2) is 4.39 Å². The fourth-order valence-electron chi connectivity index (χ4n) is 4.75. The molecular formula is C31H31F4N5O3. The van der Waals surface area contributed by atoms with Gasteiger partial charge in [0.15, 0.2) is 0 Å². The number of H-pyrrole nitrogens is 1. The van der Waals surface area contributed by atoms with Gasteiger partial charge in [-0.2, -0.15) is 13.2 Å². The lowest BCUT2D eigenvalue weighted by Gasteiger charge is -2.07. The summed E-state index contributed by atoms with van der Waals surface area (Å²) in [4.78, 5) is 43.7. The zero-order valence-electron chi connectivity index (χ0n) is 23.6. The molecule has 0 atom stereocenters. The number of halogens is 4. The molecule has 8 nitrogen and oxygen atoms in total. The lowest BCUT2D eigenvalue weighted by atomic mass is 10.0.